The first kappa shape index (κ1) is 22.6. The van der Waals surface area contributed by atoms with Crippen molar-refractivity contribution in [2.24, 2.45) is 0 Å². The standard InChI is InChI=1S/C17H22F6O3/c1-9(2)12-6-11(7-13(10(3)4)14(12)24)15(16(18,19)20,17(21,22)23)26-8-25-5/h6-7,9-10,24H,8H2,1-5H3. The number of hydrogen-bond acceptors (Lipinski definition) is 3. The van der Waals surface area contributed by atoms with Crippen molar-refractivity contribution in [3.8, 4) is 5.75 Å². The molecule has 9 heteroatoms. The minimum Gasteiger partial charge on any atom is -0.507 e. The molecule has 26 heavy (non-hydrogen) atoms. The molecule has 0 heterocycles. The van der Waals surface area contributed by atoms with E-state index in [9.17, 15) is 31.4 Å². The highest BCUT2D eigenvalue weighted by atomic mass is 19.4. The fourth-order valence-corrected chi connectivity index (χ4v) is 2.65. The molecule has 1 aromatic carbocycles. The monoisotopic (exact) mass is 388 g/mol. The molecule has 0 aliphatic rings. The molecule has 0 aliphatic heterocycles. The van der Waals surface area contributed by atoms with Gasteiger partial charge < -0.3 is 14.6 Å². The summed E-state index contributed by atoms with van der Waals surface area (Å²) in [5, 5.41) is 10.3. The molecule has 0 radical (unpaired) electrons. The highest BCUT2D eigenvalue weighted by Crippen LogP contribution is 2.54. The predicted octanol–water partition coefficient (Wildman–Crippen LogP) is 5.58. The maximum absolute atomic E-state index is 13.7. The SMILES string of the molecule is COCOC(c1cc(C(C)C)c(O)c(C(C)C)c1)(C(F)(F)F)C(F)(F)F. The second kappa shape index (κ2) is 7.64. The molecule has 0 spiro atoms. The second-order valence-electron chi connectivity index (χ2n) is 6.54. The van der Waals surface area contributed by atoms with Gasteiger partial charge in [-0.2, -0.15) is 26.3 Å². The van der Waals surface area contributed by atoms with Crippen LogP contribution >= 0.6 is 0 Å². The lowest BCUT2D eigenvalue weighted by molar-refractivity contribution is -0.400. The highest BCUT2D eigenvalue weighted by molar-refractivity contribution is 5.49. The van der Waals surface area contributed by atoms with Crippen LogP contribution in [0, 0.1) is 0 Å². The van der Waals surface area contributed by atoms with Crippen molar-refractivity contribution in [1.29, 1.82) is 0 Å². The van der Waals surface area contributed by atoms with E-state index in [1.165, 1.54) is 0 Å². The molecule has 0 bridgehead atoms. The normalized spacial score (nSPS) is 13.7. The van der Waals surface area contributed by atoms with E-state index < -0.39 is 42.1 Å². The lowest BCUT2D eigenvalue weighted by Gasteiger charge is -2.38. The third-order valence-corrected chi connectivity index (χ3v) is 4.01. The summed E-state index contributed by atoms with van der Waals surface area (Å²) in [4.78, 5) is 0. The highest BCUT2D eigenvalue weighted by Gasteiger charge is 2.73. The van der Waals surface area contributed by atoms with Crippen molar-refractivity contribution in [3.05, 3.63) is 28.8 Å². The molecule has 0 saturated carbocycles. The van der Waals surface area contributed by atoms with Crippen molar-refractivity contribution < 1.29 is 40.9 Å². The molecular weight excluding hydrogens is 366 g/mol. The van der Waals surface area contributed by atoms with Gasteiger partial charge in [-0.15, -0.1) is 0 Å². The van der Waals surface area contributed by atoms with Crippen molar-refractivity contribution in [2.45, 2.75) is 57.5 Å². The van der Waals surface area contributed by atoms with Crippen LogP contribution in [0.4, 0.5) is 26.3 Å². The maximum Gasteiger partial charge on any atom is 0.430 e. The van der Waals surface area contributed by atoms with E-state index in [-0.39, 0.29) is 16.9 Å². The lowest BCUT2D eigenvalue weighted by Crippen LogP contribution is -2.56. The fraction of sp³-hybridized carbons (Fsp3) is 0.647. The number of alkyl halides is 6. The summed E-state index contributed by atoms with van der Waals surface area (Å²) >= 11 is 0. The number of hydrogen-bond donors (Lipinski definition) is 1. The summed E-state index contributed by atoms with van der Waals surface area (Å²) in [6.45, 7) is 5.02. The first-order chi connectivity index (χ1) is 11.7. The maximum atomic E-state index is 13.7. The molecule has 0 aliphatic carbocycles. The molecule has 0 unspecified atom stereocenters. The van der Waals surface area contributed by atoms with Gasteiger partial charge in [-0.05, 0) is 35.1 Å². The van der Waals surface area contributed by atoms with Gasteiger partial charge >= 0.3 is 12.4 Å². The second-order valence-corrected chi connectivity index (χ2v) is 6.54. The van der Waals surface area contributed by atoms with Gasteiger partial charge in [-0.1, -0.05) is 27.7 Å². The van der Waals surface area contributed by atoms with Gasteiger partial charge in [0.05, 0.1) is 0 Å². The van der Waals surface area contributed by atoms with Crippen molar-refractivity contribution in [2.75, 3.05) is 13.9 Å². The molecule has 0 saturated heterocycles. The average molecular weight is 388 g/mol. The van der Waals surface area contributed by atoms with Gasteiger partial charge in [0.1, 0.15) is 12.5 Å². The van der Waals surface area contributed by atoms with Crippen LogP contribution in [-0.4, -0.2) is 31.4 Å². The predicted molar refractivity (Wildman–Crippen MR) is 83.0 cm³/mol. The van der Waals surface area contributed by atoms with E-state index in [1.54, 1.807) is 27.7 Å². The van der Waals surface area contributed by atoms with Crippen LogP contribution in [0.1, 0.15) is 56.2 Å². The van der Waals surface area contributed by atoms with Gasteiger partial charge in [-0.3, -0.25) is 0 Å². The third kappa shape index (κ3) is 3.93. The van der Waals surface area contributed by atoms with E-state index in [0.29, 0.717) is 12.1 Å². The molecule has 0 aromatic heterocycles. The average Bonchev–Trinajstić information content (AvgIpc) is 2.45. The first-order valence-corrected chi connectivity index (χ1v) is 7.84. The zero-order chi connectivity index (χ0) is 20.5. The van der Waals surface area contributed by atoms with Crippen LogP contribution in [-0.2, 0) is 15.1 Å². The molecule has 1 N–H and O–H groups in total. The third-order valence-electron chi connectivity index (χ3n) is 4.01. The molecular formula is C17H22F6O3. The Labute approximate surface area is 147 Å². The summed E-state index contributed by atoms with van der Waals surface area (Å²) in [5.74, 6) is -1.33. The van der Waals surface area contributed by atoms with E-state index in [0.717, 1.165) is 7.11 Å². The fourth-order valence-electron chi connectivity index (χ4n) is 2.65. The van der Waals surface area contributed by atoms with Gasteiger partial charge in [0.2, 0.25) is 0 Å². The molecule has 1 aromatic rings. The number of ether oxygens (including phenoxy) is 2. The number of aromatic hydroxyl groups is 1. The van der Waals surface area contributed by atoms with Crippen LogP contribution in [0.5, 0.6) is 5.75 Å². The topological polar surface area (TPSA) is 38.7 Å². The Kier molecular flexibility index (Phi) is 6.63. The largest absolute Gasteiger partial charge is 0.507 e. The number of phenolic OH excluding ortho intramolecular Hbond substituents is 1. The van der Waals surface area contributed by atoms with Gasteiger partial charge in [0, 0.05) is 12.7 Å². The zero-order valence-corrected chi connectivity index (χ0v) is 15.0. The van der Waals surface area contributed by atoms with Crippen LogP contribution in [0.3, 0.4) is 0 Å². The van der Waals surface area contributed by atoms with Gasteiger partial charge in [0.25, 0.3) is 5.60 Å². The minimum atomic E-state index is -5.80. The summed E-state index contributed by atoms with van der Waals surface area (Å²) in [5.41, 5.74) is -5.76. The quantitative estimate of drug-likeness (QED) is 0.511. The molecule has 150 valence electrons. The number of rotatable bonds is 6. The zero-order valence-electron chi connectivity index (χ0n) is 15.0. The summed E-state index contributed by atoms with van der Waals surface area (Å²) in [7, 11) is 0.924. The van der Waals surface area contributed by atoms with Crippen LogP contribution < -0.4 is 0 Å². The van der Waals surface area contributed by atoms with Crippen molar-refractivity contribution in [1.82, 2.24) is 0 Å². The Bertz CT molecular complexity index is 577. The van der Waals surface area contributed by atoms with Crippen LogP contribution in [0.25, 0.3) is 0 Å². The van der Waals surface area contributed by atoms with E-state index in [4.69, 9.17) is 0 Å². The molecule has 0 fully saturated rings. The Balaban J connectivity index is 3.92. The van der Waals surface area contributed by atoms with Gasteiger partial charge in [-0.25, -0.2) is 0 Å². The summed E-state index contributed by atoms with van der Waals surface area (Å²) in [6.07, 6.45) is -11.6. The smallest absolute Gasteiger partial charge is 0.430 e. The van der Waals surface area contributed by atoms with Crippen molar-refractivity contribution in [3.63, 3.8) is 0 Å². The van der Waals surface area contributed by atoms with Crippen LogP contribution in [0.15, 0.2) is 12.1 Å². The van der Waals surface area contributed by atoms with E-state index in [2.05, 4.69) is 9.47 Å². The van der Waals surface area contributed by atoms with E-state index >= 15 is 0 Å². The van der Waals surface area contributed by atoms with Gasteiger partial charge in [0.15, 0.2) is 0 Å². The summed E-state index contributed by atoms with van der Waals surface area (Å²) < 4.78 is 90.7. The molecule has 0 amide bonds. The summed E-state index contributed by atoms with van der Waals surface area (Å²) in [6, 6.07) is 1.39. The van der Waals surface area contributed by atoms with Crippen molar-refractivity contribution >= 4 is 0 Å². The first-order valence-electron chi connectivity index (χ1n) is 7.84. The lowest BCUT2D eigenvalue weighted by atomic mass is 9.84. The minimum absolute atomic E-state index is 0.0231. The molecule has 0 atom stereocenters. The van der Waals surface area contributed by atoms with Crippen LogP contribution in [0.2, 0.25) is 0 Å². The Morgan fingerprint density at radius 2 is 1.27 bits per heavy atom. The number of halogens is 6. The molecule has 3 nitrogen and oxygen atoms in total. The Morgan fingerprint density at radius 1 is 0.885 bits per heavy atom. The van der Waals surface area contributed by atoms with E-state index in [1.807, 2.05) is 0 Å². The Hall–Kier alpha value is -1.48. The molecule has 1 rings (SSSR count). The number of phenols is 1. The number of benzene rings is 1. The number of methoxy groups -OCH3 is 1. The Morgan fingerprint density at radius 3 is 1.54 bits per heavy atom.